The third-order valence-corrected chi connectivity index (χ3v) is 18.8. The van der Waals surface area contributed by atoms with E-state index >= 15 is 4.39 Å². The molecular weight excluding hydrogens is 922 g/mol. The van der Waals surface area contributed by atoms with Crippen LogP contribution in [0.15, 0.2) is 176 Å². The van der Waals surface area contributed by atoms with E-state index in [1.807, 2.05) is 127 Å². The van der Waals surface area contributed by atoms with Gasteiger partial charge in [-0.1, -0.05) is 185 Å². The van der Waals surface area contributed by atoms with Crippen LogP contribution >= 0.6 is 0 Å². The zero-order valence-corrected chi connectivity index (χ0v) is 40.8. The van der Waals surface area contributed by atoms with Gasteiger partial charge in [-0.3, -0.25) is 14.5 Å². The highest BCUT2D eigenvalue weighted by Gasteiger charge is 2.61. The lowest BCUT2D eigenvalue weighted by atomic mass is 9.94. The number of halogens is 1. The van der Waals surface area contributed by atoms with Gasteiger partial charge in [-0.15, -0.1) is 0 Å². The summed E-state index contributed by atoms with van der Waals surface area (Å²) in [6, 6.07) is 53.2. The lowest BCUT2D eigenvalue weighted by Crippen LogP contribution is -2.73. The van der Waals surface area contributed by atoms with E-state index in [0.29, 0.717) is 0 Å². The molecule has 6 aromatic rings. The van der Waals surface area contributed by atoms with Crippen LogP contribution in [0.1, 0.15) is 64.5 Å². The number of carbonyl (C=O) groups is 2. The Morgan fingerprint density at radius 2 is 1.17 bits per heavy atom. The fourth-order valence-corrected chi connectivity index (χ4v) is 15.1. The zero-order valence-electron chi connectivity index (χ0n) is 39.8. The first kappa shape index (κ1) is 48.9. The van der Waals surface area contributed by atoms with Crippen molar-refractivity contribution >= 4 is 30.5 Å². The molecule has 71 heavy (non-hydrogen) atoms. The highest BCUT2D eigenvalue weighted by molar-refractivity contribution is 6.99. The van der Waals surface area contributed by atoms with Gasteiger partial charge in [0.2, 0.25) is 6.36 Å². The molecule has 1 N–H and O–H groups in total. The highest BCUT2D eigenvalue weighted by atomic mass is 28.4. The van der Waals surface area contributed by atoms with Gasteiger partial charge in [-0.2, -0.15) is 0 Å². The predicted octanol–water partition coefficient (Wildman–Crippen LogP) is 7.68. The van der Waals surface area contributed by atoms with Gasteiger partial charge in [0.25, 0.3) is 20.1 Å². The number of ether oxygens (including phenoxy) is 7. The van der Waals surface area contributed by atoms with Crippen LogP contribution in [0.3, 0.4) is 0 Å². The van der Waals surface area contributed by atoms with E-state index in [9.17, 15) is 14.7 Å². The summed E-state index contributed by atoms with van der Waals surface area (Å²) in [4.78, 5) is 29.4. The van der Waals surface area contributed by atoms with Crippen molar-refractivity contribution in [2.75, 3.05) is 13.2 Å². The molecule has 1 unspecified atom stereocenters. The maximum atomic E-state index is 17.3. The predicted molar refractivity (Wildman–Crippen MR) is 264 cm³/mol. The monoisotopic (exact) mass is 979 g/mol. The SMILES string of the molecule is CC(C)(C)[Si](O[C@@H]1[C@H](O)[C@H](O[C@H]2[C@H](OCc3ccccc3)[C@@H](N3C(=O)c4ccccc4C3=O)[C@H](F)O[C@@H]2COCc2ccccc2)O[C@@H]2COC(c3ccccc3)O[C@@H]12)(c1ccccc1)c1ccccc1. The van der Waals surface area contributed by atoms with E-state index in [2.05, 4.69) is 45.0 Å². The Morgan fingerprint density at radius 1 is 0.648 bits per heavy atom. The second kappa shape index (κ2) is 21.1. The van der Waals surface area contributed by atoms with Crippen molar-refractivity contribution in [2.24, 2.45) is 0 Å². The van der Waals surface area contributed by atoms with Crippen molar-refractivity contribution in [1.29, 1.82) is 0 Å². The fourth-order valence-electron chi connectivity index (χ4n) is 10.4. The lowest BCUT2D eigenvalue weighted by Gasteiger charge is -2.53. The van der Waals surface area contributed by atoms with Gasteiger partial charge in [0, 0.05) is 5.56 Å². The van der Waals surface area contributed by atoms with Crippen LogP contribution in [0.25, 0.3) is 0 Å². The van der Waals surface area contributed by atoms with Gasteiger partial charge in [0.1, 0.15) is 48.8 Å². The van der Waals surface area contributed by atoms with Gasteiger partial charge < -0.3 is 42.7 Å². The van der Waals surface area contributed by atoms with Gasteiger partial charge >= 0.3 is 0 Å². The number of nitrogens with zero attached hydrogens (tertiary/aromatic N) is 1. The van der Waals surface area contributed by atoms with Crippen molar-refractivity contribution in [1.82, 2.24) is 4.90 Å². The van der Waals surface area contributed by atoms with Crippen LogP contribution in [0.4, 0.5) is 4.39 Å². The summed E-state index contributed by atoms with van der Waals surface area (Å²) in [5, 5.41) is 14.6. The topological polar surface area (TPSA) is 131 Å². The Morgan fingerprint density at radius 3 is 1.73 bits per heavy atom. The number of benzene rings is 6. The van der Waals surface area contributed by atoms with Crippen LogP contribution in [-0.2, 0) is 50.8 Å². The number of fused-ring (bicyclic) bond motifs is 2. The number of rotatable bonds is 15. The van der Waals surface area contributed by atoms with Crippen molar-refractivity contribution < 1.29 is 56.7 Å². The van der Waals surface area contributed by atoms with E-state index in [4.69, 9.17) is 37.6 Å². The largest absolute Gasteiger partial charge is 0.399 e. The highest BCUT2D eigenvalue weighted by Crippen LogP contribution is 2.44. The smallest absolute Gasteiger partial charge is 0.262 e. The first-order chi connectivity index (χ1) is 34.5. The molecule has 2 amide bonds. The Balaban J connectivity index is 1.06. The van der Waals surface area contributed by atoms with Gasteiger partial charge in [0.15, 0.2) is 12.6 Å². The summed E-state index contributed by atoms with van der Waals surface area (Å²) in [7, 11) is -3.44. The van der Waals surface area contributed by atoms with E-state index < -0.39 is 92.9 Å². The number of alkyl halides is 1. The molecule has 0 aliphatic carbocycles. The first-order valence-electron chi connectivity index (χ1n) is 24.2. The Bertz CT molecular complexity index is 2640. The summed E-state index contributed by atoms with van der Waals surface area (Å²) in [6.07, 6.45) is -12.9. The number of amides is 2. The minimum Gasteiger partial charge on any atom is -0.399 e. The third-order valence-electron chi connectivity index (χ3n) is 13.8. The standard InChI is InChI=1S/C57H58FNO11Si/c1-57(2,3)71(40-27-15-7-16-28-40,41-29-17-8-18-30-41)70-51-47(60)56(67-45-36-65-55(68-49(45)51)39-25-13-6-14-26-39)69-48-44(35-63-33-37-21-9-4-10-22-37)66-52(58)46(50(48)64-34-38-23-11-5-12-24-38)59-53(61)42-31-19-20-32-43(42)54(59)62/h4-32,44-52,55-56,60H,33-36H2,1-3H3/t44-,45-,46-,47+,48-,49-,50-,51-,52-,55?,56+/m1/s1. The summed E-state index contributed by atoms with van der Waals surface area (Å²) in [5.74, 6) is -1.40. The van der Waals surface area contributed by atoms with Crippen LogP contribution in [0.2, 0.25) is 5.04 Å². The number of hydrogen-bond donors (Lipinski definition) is 1. The molecule has 4 heterocycles. The fraction of sp³-hybridized carbons (Fsp3) is 0.333. The zero-order chi connectivity index (χ0) is 49.1. The number of imide groups is 1. The molecule has 3 fully saturated rings. The summed E-state index contributed by atoms with van der Waals surface area (Å²) < 4.78 is 71.2. The average molecular weight is 980 g/mol. The maximum absolute atomic E-state index is 17.3. The molecule has 0 aromatic heterocycles. The molecule has 11 atom stereocenters. The van der Waals surface area contributed by atoms with E-state index in [1.165, 1.54) is 12.1 Å². The molecule has 368 valence electrons. The number of aliphatic hydroxyl groups is 1. The molecule has 14 heteroatoms. The summed E-state index contributed by atoms with van der Waals surface area (Å²) in [5.41, 5.74) is 2.64. The molecule has 12 nitrogen and oxygen atoms in total. The number of hydrogen-bond acceptors (Lipinski definition) is 11. The maximum Gasteiger partial charge on any atom is 0.262 e. The van der Waals surface area contributed by atoms with Gasteiger partial charge in [-0.05, 0) is 38.7 Å². The van der Waals surface area contributed by atoms with Gasteiger partial charge in [-0.25, -0.2) is 4.39 Å². The second-order valence-electron chi connectivity index (χ2n) is 19.4. The minimum atomic E-state index is -3.44. The molecule has 10 rings (SSSR count). The number of carbonyl (C=O) groups excluding carboxylic acids is 2. The minimum absolute atomic E-state index is 0.0281. The Labute approximate surface area is 414 Å². The van der Waals surface area contributed by atoms with Crippen LogP contribution < -0.4 is 10.4 Å². The van der Waals surface area contributed by atoms with E-state index in [-0.39, 0.29) is 37.6 Å². The van der Waals surface area contributed by atoms with E-state index in [0.717, 1.165) is 32.0 Å². The molecule has 4 aliphatic rings. The molecule has 0 saturated carbocycles. The Hall–Kier alpha value is -5.75. The van der Waals surface area contributed by atoms with Crippen LogP contribution in [-0.4, -0.2) is 105 Å². The summed E-state index contributed by atoms with van der Waals surface area (Å²) in [6.45, 7) is 6.36. The third kappa shape index (κ3) is 9.82. The molecule has 0 radical (unpaired) electrons. The normalized spacial score (nSPS) is 27.8. The quantitative estimate of drug-likeness (QED) is 0.0804. The van der Waals surface area contributed by atoms with E-state index in [1.54, 1.807) is 12.1 Å². The second-order valence-corrected chi connectivity index (χ2v) is 23.6. The van der Waals surface area contributed by atoms with Crippen molar-refractivity contribution in [3.63, 3.8) is 0 Å². The average Bonchev–Trinajstić information content (AvgIpc) is 3.65. The van der Waals surface area contributed by atoms with Crippen molar-refractivity contribution in [2.45, 2.75) is 107 Å². The summed E-state index contributed by atoms with van der Waals surface area (Å²) >= 11 is 0. The molecular formula is C57H58FNO11Si. The van der Waals surface area contributed by atoms with Crippen molar-refractivity contribution in [3.8, 4) is 0 Å². The number of aliphatic hydroxyl groups excluding tert-OH is 1. The first-order valence-corrected chi connectivity index (χ1v) is 26.1. The lowest BCUT2D eigenvalue weighted by molar-refractivity contribution is -0.379. The molecule has 3 saturated heterocycles. The Kier molecular flexibility index (Phi) is 14.5. The molecule has 0 spiro atoms. The van der Waals surface area contributed by atoms with Crippen LogP contribution in [0.5, 0.6) is 0 Å². The molecule has 4 aliphatic heterocycles. The van der Waals surface area contributed by atoms with Gasteiger partial charge in [0.05, 0.1) is 37.6 Å². The van der Waals surface area contributed by atoms with Crippen LogP contribution in [0, 0.1) is 0 Å². The molecule has 6 aromatic carbocycles. The van der Waals surface area contributed by atoms with Crippen molar-refractivity contribution in [3.05, 3.63) is 204 Å². The molecule has 0 bridgehead atoms.